The average molecular weight is 999 g/mol. The fraction of sp³-hybridized carbons (Fsp3) is 0.608. The van der Waals surface area contributed by atoms with Gasteiger partial charge >= 0.3 is 27.6 Å². The van der Waals surface area contributed by atoms with Gasteiger partial charge in [-0.15, -0.1) is 0 Å². The minimum atomic E-state index is -4.82. The van der Waals surface area contributed by atoms with Crippen molar-refractivity contribution in [2.45, 2.75) is 161 Å². The molecule has 0 rings (SSSR count). The summed E-state index contributed by atoms with van der Waals surface area (Å²) in [5, 5.41) is 30.0. The second kappa shape index (κ2) is 46.1. The SMILES string of the molecule is CC/C=C\C/C=C\C/C=C\C/C=C\C/C=C\C/C=C\C/C=C\CC(=O)OCC(O)COP(=O)(O)OCC(O)COP(=O)(O)OCC(O)COC(=O)CCCCCCCC/C=C/C=C/CCCCC. The Labute approximate surface area is 407 Å². The van der Waals surface area contributed by atoms with Crippen molar-refractivity contribution < 1.29 is 71.4 Å². The Morgan fingerprint density at radius 3 is 1.18 bits per heavy atom. The highest BCUT2D eigenvalue weighted by Crippen LogP contribution is 2.45. The fourth-order valence-corrected chi connectivity index (χ4v) is 7.11. The van der Waals surface area contributed by atoms with Crippen molar-refractivity contribution in [2.24, 2.45) is 0 Å². The predicted octanol–water partition coefficient (Wildman–Crippen LogP) is 11.3. The monoisotopic (exact) mass is 999 g/mol. The molecule has 0 saturated heterocycles. The van der Waals surface area contributed by atoms with Gasteiger partial charge in [-0.25, -0.2) is 9.13 Å². The van der Waals surface area contributed by atoms with Crippen LogP contribution in [-0.2, 0) is 46.3 Å². The summed E-state index contributed by atoms with van der Waals surface area (Å²) in [6.45, 7) is 0.112. The molecule has 0 aromatic carbocycles. The highest BCUT2D eigenvalue weighted by atomic mass is 31.2. The van der Waals surface area contributed by atoms with Crippen LogP contribution < -0.4 is 0 Å². The van der Waals surface area contributed by atoms with E-state index in [9.17, 15) is 43.8 Å². The Hall–Kier alpha value is -3.30. The van der Waals surface area contributed by atoms with Gasteiger partial charge in [-0.05, 0) is 77.0 Å². The van der Waals surface area contributed by atoms with E-state index in [0.29, 0.717) is 12.8 Å². The van der Waals surface area contributed by atoms with Crippen LogP contribution in [-0.4, -0.2) is 95.0 Å². The Kier molecular flexibility index (Phi) is 43.9. The first kappa shape index (κ1) is 64.7. The molecule has 0 radical (unpaired) electrons. The number of ether oxygens (including phenoxy) is 2. The Balaban J connectivity index is 4.01. The molecule has 0 aliphatic carbocycles. The van der Waals surface area contributed by atoms with Gasteiger partial charge in [-0.1, -0.05) is 162 Å². The summed E-state index contributed by atoms with van der Waals surface area (Å²) >= 11 is 0. The molecule has 0 aliphatic heterocycles. The van der Waals surface area contributed by atoms with Crippen LogP contribution in [0.2, 0.25) is 0 Å². The molecule has 0 heterocycles. The zero-order chi connectivity index (χ0) is 50.2. The molecule has 17 heteroatoms. The lowest BCUT2D eigenvalue weighted by Gasteiger charge is -2.19. The number of esters is 2. The number of unbranched alkanes of at least 4 members (excludes halogenated alkanes) is 9. The quantitative estimate of drug-likeness (QED) is 0.0126. The van der Waals surface area contributed by atoms with E-state index in [4.69, 9.17) is 9.47 Å². The maximum atomic E-state index is 12.2. The molecule has 0 aromatic rings. The molecule has 5 unspecified atom stereocenters. The molecule has 0 saturated carbocycles. The van der Waals surface area contributed by atoms with Crippen LogP contribution >= 0.6 is 15.6 Å². The van der Waals surface area contributed by atoms with Crippen molar-refractivity contribution in [2.75, 3.05) is 39.6 Å². The number of aliphatic hydroxyl groups is 3. The van der Waals surface area contributed by atoms with Crippen LogP contribution in [0.5, 0.6) is 0 Å². The minimum Gasteiger partial charge on any atom is -0.463 e. The van der Waals surface area contributed by atoms with Gasteiger partial charge in [0.05, 0.1) is 32.8 Å². The largest absolute Gasteiger partial charge is 0.472 e. The number of allylic oxidation sites excluding steroid dienone is 17. The van der Waals surface area contributed by atoms with Gasteiger partial charge in [0.15, 0.2) is 0 Å². The molecule has 68 heavy (non-hydrogen) atoms. The average Bonchev–Trinajstić information content (AvgIpc) is 3.31. The van der Waals surface area contributed by atoms with Gasteiger partial charge in [0.25, 0.3) is 0 Å². The smallest absolute Gasteiger partial charge is 0.463 e. The van der Waals surface area contributed by atoms with Crippen molar-refractivity contribution >= 4 is 27.6 Å². The maximum Gasteiger partial charge on any atom is 0.472 e. The third kappa shape index (κ3) is 47.8. The number of rotatable bonds is 45. The molecule has 0 bridgehead atoms. The van der Waals surface area contributed by atoms with Crippen LogP contribution in [0.25, 0.3) is 0 Å². The van der Waals surface area contributed by atoms with Gasteiger partial charge in [-0.3, -0.25) is 27.7 Å². The van der Waals surface area contributed by atoms with Crippen LogP contribution in [0.3, 0.4) is 0 Å². The molecular formula is C51H84O15P2. The molecule has 0 aliphatic rings. The third-order valence-electron chi connectivity index (χ3n) is 9.27. The van der Waals surface area contributed by atoms with E-state index in [1.807, 2.05) is 12.2 Å². The van der Waals surface area contributed by atoms with E-state index < -0.39 is 85.5 Å². The lowest BCUT2D eigenvalue weighted by Crippen LogP contribution is -2.25. The molecule has 5 N–H and O–H groups in total. The highest BCUT2D eigenvalue weighted by Gasteiger charge is 2.28. The molecular weight excluding hydrogens is 914 g/mol. The third-order valence-corrected chi connectivity index (χ3v) is 11.2. The van der Waals surface area contributed by atoms with Crippen molar-refractivity contribution in [3.63, 3.8) is 0 Å². The predicted molar refractivity (Wildman–Crippen MR) is 269 cm³/mol. The highest BCUT2D eigenvalue weighted by molar-refractivity contribution is 7.47. The summed E-state index contributed by atoms with van der Waals surface area (Å²) in [6, 6.07) is 0. The van der Waals surface area contributed by atoms with Gasteiger partial charge in [-0.2, -0.15) is 0 Å². The first-order chi connectivity index (χ1) is 32.8. The summed E-state index contributed by atoms with van der Waals surface area (Å²) in [6.07, 6.45) is 51.0. The molecule has 15 nitrogen and oxygen atoms in total. The second-order valence-corrected chi connectivity index (χ2v) is 18.7. The van der Waals surface area contributed by atoms with Crippen LogP contribution in [0, 0.1) is 0 Å². The Morgan fingerprint density at radius 2 is 0.765 bits per heavy atom. The van der Waals surface area contributed by atoms with E-state index >= 15 is 0 Å². The standard InChI is InChI=1S/C51H84O15P2/c1-3-5-7-9-11-13-15-17-19-20-21-22-23-24-26-28-30-32-34-36-38-40-51(56)62-42-48(53)44-64-68(59,60)66-46-49(54)45-65-67(57,58)63-43-47(52)41-61-50(55)39-37-35-33-31-29-27-25-18-16-14-12-10-8-6-4-2/h5,7,11-14,16-19,21-22,24,26,30,32,36,38,47-49,52-54H,3-4,6,8-10,15,20,23,25,27-29,31,33-35,37,39-46H2,1-2H3,(H,57,58)(H,59,60)/b7-5-,13-11-,14-12+,18-16+,19-17-,22-21-,26-24-,32-30-,38-36-. The summed E-state index contributed by atoms with van der Waals surface area (Å²) in [5.41, 5.74) is 0. The zero-order valence-corrected chi connectivity index (χ0v) is 42.5. The van der Waals surface area contributed by atoms with Gasteiger partial charge in [0.1, 0.15) is 31.5 Å². The summed E-state index contributed by atoms with van der Waals surface area (Å²) in [5.74, 6) is -1.14. The van der Waals surface area contributed by atoms with Gasteiger partial charge in [0.2, 0.25) is 0 Å². The lowest BCUT2D eigenvalue weighted by atomic mass is 10.1. The van der Waals surface area contributed by atoms with Gasteiger partial charge < -0.3 is 34.6 Å². The topological polar surface area (TPSA) is 225 Å². The molecule has 0 spiro atoms. The van der Waals surface area contributed by atoms with E-state index in [1.165, 1.54) is 19.3 Å². The number of hydrogen-bond acceptors (Lipinski definition) is 13. The number of phosphoric ester groups is 2. The number of carbonyl (C=O) groups excluding carboxylic acids is 2. The first-order valence-electron chi connectivity index (χ1n) is 24.3. The summed E-state index contributed by atoms with van der Waals surface area (Å²) in [7, 11) is -9.62. The molecule has 388 valence electrons. The van der Waals surface area contributed by atoms with Crippen molar-refractivity contribution in [3.8, 4) is 0 Å². The van der Waals surface area contributed by atoms with Crippen molar-refractivity contribution in [1.82, 2.24) is 0 Å². The lowest BCUT2D eigenvalue weighted by molar-refractivity contribution is -0.147. The van der Waals surface area contributed by atoms with E-state index in [-0.39, 0.29) is 12.8 Å². The maximum absolute atomic E-state index is 12.2. The zero-order valence-electron chi connectivity index (χ0n) is 40.7. The minimum absolute atomic E-state index is 0.0446. The summed E-state index contributed by atoms with van der Waals surface area (Å²) in [4.78, 5) is 43.7. The molecule has 0 fully saturated rings. The number of carbonyl (C=O) groups is 2. The van der Waals surface area contributed by atoms with E-state index in [2.05, 4.69) is 117 Å². The number of hydrogen-bond donors (Lipinski definition) is 5. The van der Waals surface area contributed by atoms with Crippen LogP contribution in [0.15, 0.2) is 109 Å². The first-order valence-corrected chi connectivity index (χ1v) is 27.2. The number of phosphoric acid groups is 2. The van der Waals surface area contributed by atoms with E-state index in [0.717, 1.165) is 83.5 Å². The normalized spacial score (nSPS) is 15.9. The molecule has 0 amide bonds. The molecule has 0 aromatic heterocycles. The Bertz CT molecular complexity index is 1630. The van der Waals surface area contributed by atoms with Crippen molar-refractivity contribution in [1.29, 1.82) is 0 Å². The number of aliphatic hydroxyl groups excluding tert-OH is 3. The summed E-state index contributed by atoms with van der Waals surface area (Å²) < 4.78 is 52.9. The van der Waals surface area contributed by atoms with Crippen molar-refractivity contribution in [3.05, 3.63) is 109 Å². The van der Waals surface area contributed by atoms with E-state index in [1.54, 1.807) is 12.2 Å². The fourth-order valence-electron chi connectivity index (χ4n) is 5.52. The second-order valence-electron chi connectivity index (χ2n) is 15.8. The van der Waals surface area contributed by atoms with Crippen LogP contribution in [0.4, 0.5) is 0 Å². The molecule has 5 atom stereocenters. The van der Waals surface area contributed by atoms with Crippen LogP contribution in [0.1, 0.15) is 142 Å². The Morgan fingerprint density at radius 1 is 0.426 bits per heavy atom. The van der Waals surface area contributed by atoms with Gasteiger partial charge in [0, 0.05) is 6.42 Å².